The molecule has 10 aromatic carbocycles. The summed E-state index contributed by atoms with van der Waals surface area (Å²) in [5, 5.41) is 8.03. The maximum absolute atomic E-state index is 2.47. The van der Waals surface area contributed by atoms with Crippen molar-refractivity contribution in [1.29, 1.82) is 0 Å². The molecule has 0 aliphatic carbocycles. The third kappa shape index (κ3) is 6.49. The lowest BCUT2D eigenvalue weighted by atomic mass is 9.39. The molecule has 1 heteroatoms. The molecule has 0 atom stereocenters. The summed E-state index contributed by atoms with van der Waals surface area (Å²) in [6.45, 7) is 4.41. The van der Waals surface area contributed by atoms with Crippen molar-refractivity contribution in [2.45, 2.75) is 13.8 Å². The first-order valence-electron chi connectivity index (χ1n) is 19.2. The molecular formula is C54H41B. The maximum atomic E-state index is 2.47. The van der Waals surface area contributed by atoms with E-state index in [-0.39, 0.29) is 6.71 Å². The highest BCUT2D eigenvalue weighted by Gasteiger charge is 2.35. The van der Waals surface area contributed by atoms with Crippen LogP contribution in [0.25, 0.3) is 65.7 Å². The Hall–Kier alpha value is -6.70. The first kappa shape index (κ1) is 34.1. The van der Waals surface area contributed by atoms with E-state index in [0.717, 1.165) is 0 Å². The molecule has 0 unspecified atom stereocenters. The van der Waals surface area contributed by atoms with Gasteiger partial charge in [0.1, 0.15) is 0 Å². The van der Waals surface area contributed by atoms with E-state index in [0.29, 0.717) is 0 Å². The second kappa shape index (κ2) is 15.0. The molecule has 0 N–H and O–H groups in total. The average molecular weight is 701 g/mol. The first-order valence-corrected chi connectivity index (χ1v) is 19.2. The van der Waals surface area contributed by atoms with Crippen LogP contribution in [0, 0.1) is 13.8 Å². The smallest absolute Gasteiger partial charge is 0.0686 e. The average Bonchev–Trinajstić information content (AvgIpc) is 3.58. The second-order valence-corrected chi connectivity index (χ2v) is 14.5. The van der Waals surface area contributed by atoms with Gasteiger partial charge in [-0.3, -0.25) is 0 Å². The van der Waals surface area contributed by atoms with E-state index < -0.39 is 0 Å². The van der Waals surface area contributed by atoms with Crippen molar-refractivity contribution in [2.24, 2.45) is 0 Å². The van der Waals surface area contributed by atoms with E-state index in [2.05, 4.69) is 190 Å². The summed E-state index contributed by atoms with van der Waals surface area (Å²) in [5.74, 6) is 0. The summed E-state index contributed by atoms with van der Waals surface area (Å²) in [6, 6.07) is 76.6. The van der Waals surface area contributed by atoms with E-state index >= 15 is 0 Å². The normalized spacial score (nSPS) is 11.4. The van der Waals surface area contributed by atoms with Crippen LogP contribution in [0.1, 0.15) is 11.1 Å². The SMILES string of the molecule is Cc1ccccc1.Cc1ccccc1.c1ccc(B2c3ccccc3-c3c2cc2ccc4c(-c5ccccc5-c5ccccc5)ccc5ccc3c2c54)cc1. The quantitative estimate of drug-likeness (QED) is 0.127. The first-order chi connectivity index (χ1) is 27.2. The fraction of sp³-hybridized carbons (Fsp3) is 0.0370. The Bertz CT molecular complexity index is 2820. The van der Waals surface area contributed by atoms with Crippen LogP contribution in [-0.4, -0.2) is 6.71 Å². The van der Waals surface area contributed by atoms with E-state index in [4.69, 9.17) is 0 Å². The van der Waals surface area contributed by atoms with Crippen LogP contribution in [0.3, 0.4) is 0 Å². The van der Waals surface area contributed by atoms with Gasteiger partial charge in [-0.05, 0) is 79.5 Å². The summed E-state index contributed by atoms with van der Waals surface area (Å²) in [5.41, 5.74) is 14.6. The fourth-order valence-electron chi connectivity index (χ4n) is 8.47. The van der Waals surface area contributed by atoms with Crippen LogP contribution in [0.2, 0.25) is 0 Å². The molecule has 1 aliphatic heterocycles. The van der Waals surface area contributed by atoms with E-state index in [1.807, 2.05) is 36.4 Å². The minimum atomic E-state index is 0.248. The van der Waals surface area contributed by atoms with Crippen molar-refractivity contribution in [1.82, 2.24) is 0 Å². The maximum Gasteiger partial charge on any atom is 0.242 e. The summed E-state index contributed by atoms with van der Waals surface area (Å²) in [6.07, 6.45) is 0. The molecule has 0 bridgehead atoms. The standard InChI is InChI=1S/C40H25B.2C7H8/c1-3-11-26(12-4-1)30-15-7-8-16-31(30)32-22-19-27-20-24-35-39-28(21-23-33(32)38(27)39)25-37-40(35)34-17-9-10-18-36(34)41(37)29-13-5-2-6-14-29;2*1-7-5-3-2-4-6-7/h1-25H;2*2-6H,1H3. The third-order valence-electron chi connectivity index (χ3n) is 11.0. The molecule has 0 nitrogen and oxygen atoms in total. The third-order valence-corrected chi connectivity index (χ3v) is 11.0. The van der Waals surface area contributed by atoms with Gasteiger partial charge in [0.15, 0.2) is 0 Å². The number of rotatable bonds is 3. The zero-order chi connectivity index (χ0) is 37.1. The molecule has 0 radical (unpaired) electrons. The minimum Gasteiger partial charge on any atom is -0.0686 e. The number of hydrogen-bond acceptors (Lipinski definition) is 0. The Labute approximate surface area is 324 Å². The van der Waals surface area contributed by atoms with Crippen molar-refractivity contribution >= 4 is 55.4 Å². The van der Waals surface area contributed by atoms with Crippen LogP contribution >= 0.6 is 0 Å². The van der Waals surface area contributed by atoms with Crippen LogP contribution < -0.4 is 16.4 Å². The van der Waals surface area contributed by atoms with Crippen molar-refractivity contribution in [3.05, 3.63) is 223 Å². The van der Waals surface area contributed by atoms with Gasteiger partial charge in [0.2, 0.25) is 6.71 Å². The van der Waals surface area contributed by atoms with Gasteiger partial charge >= 0.3 is 0 Å². The van der Waals surface area contributed by atoms with Crippen molar-refractivity contribution < 1.29 is 0 Å². The molecule has 10 aromatic rings. The molecule has 0 saturated carbocycles. The van der Waals surface area contributed by atoms with Gasteiger partial charge in [0.05, 0.1) is 0 Å². The monoisotopic (exact) mass is 700 g/mol. The van der Waals surface area contributed by atoms with Crippen LogP contribution in [0.4, 0.5) is 0 Å². The Morgan fingerprint density at radius 1 is 0.327 bits per heavy atom. The summed E-state index contributed by atoms with van der Waals surface area (Å²) in [7, 11) is 0. The molecular weight excluding hydrogens is 659 g/mol. The van der Waals surface area contributed by atoms with Gasteiger partial charge in [-0.25, -0.2) is 0 Å². The van der Waals surface area contributed by atoms with E-state index in [1.165, 1.54) is 93.2 Å². The van der Waals surface area contributed by atoms with Crippen LogP contribution in [0.5, 0.6) is 0 Å². The van der Waals surface area contributed by atoms with Crippen LogP contribution in [-0.2, 0) is 0 Å². The second-order valence-electron chi connectivity index (χ2n) is 14.5. The fourth-order valence-corrected chi connectivity index (χ4v) is 8.47. The van der Waals surface area contributed by atoms with Gasteiger partial charge in [-0.15, -0.1) is 0 Å². The zero-order valence-electron chi connectivity index (χ0n) is 31.3. The van der Waals surface area contributed by atoms with Gasteiger partial charge in [0, 0.05) is 0 Å². The lowest BCUT2D eigenvalue weighted by Crippen LogP contribution is -2.48. The Morgan fingerprint density at radius 3 is 1.45 bits per heavy atom. The lowest BCUT2D eigenvalue weighted by Gasteiger charge is -2.19. The van der Waals surface area contributed by atoms with Crippen molar-refractivity contribution in [2.75, 3.05) is 0 Å². The predicted molar refractivity (Wildman–Crippen MR) is 240 cm³/mol. The highest BCUT2D eigenvalue weighted by atomic mass is 14.2. The molecule has 1 heterocycles. The van der Waals surface area contributed by atoms with Gasteiger partial charge < -0.3 is 0 Å². The molecule has 11 rings (SSSR count). The molecule has 0 fully saturated rings. The molecule has 0 amide bonds. The summed E-state index contributed by atoms with van der Waals surface area (Å²) >= 11 is 0. The van der Waals surface area contributed by atoms with Gasteiger partial charge in [-0.1, -0.05) is 240 Å². The van der Waals surface area contributed by atoms with E-state index in [9.17, 15) is 0 Å². The number of benzene rings is 10. The zero-order valence-corrected chi connectivity index (χ0v) is 31.3. The molecule has 0 aromatic heterocycles. The van der Waals surface area contributed by atoms with E-state index in [1.54, 1.807) is 0 Å². The van der Waals surface area contributed by atoms with Crippen molar-refractivity contribution in [3.63, 3.8) is 0 Å². The molecule has 0 saturated heterocycles. The molecule has 0 spiro atoms. The molecule has 55 heavy (non-hydrogen) atoms. The molecule has 260 valence electrons. The summed E-state index contributed by atoms with van der Waals surface area (Å²) in [4.78, 5) is 0. The number of fused-ring (bicyclic) bond motifs is 4. The Morgan fingerprint density at radius 2 is 0.818 bits per heavy atom. The number of aryl methyl sites for hydroxylation is 2. The lowest BCUT2D eigenvalue weighted by molar-refractivity contribution is 1.48. The highest BCUT2D eigenvalue weighted by Crippen LogP contribution is 2.44. The van der Waals surface area contributed by atoms with Crippen LogP contribution in [0.15, 0.2) is 212 Å². The minimum absolute atomic E-state index is 0.248. The number of hydrogen-bond donors (Lipinski definition) is 0. The Balaban J connectivity index is 0.000000239. The van der Waals surface area contributed by atoms with Crippen molar-refractivity contribution in [3.8, 4) is 33.4 Å². The topological polar surface area (TPSA) is 0 Å². The predicted octanol–water partition coefficient (Wildman–Crippen LogP) is 12.4. The molecule has 1 aliphatic rings. The summed E-state index contributed by atoms with van der Waals surface area (Å²) < 4.78 is 0. The van der Waals surface area contributed by atoms with Gasteiger partial charge in [0.25, 0.3) is 0 Å². The highest BCUT2D eigenvalue weighted by molar-refractivity contribution is 6.99. The largest absolute Gasteiger partial charge is 0.242 e. The Kier molecular flexibility index (Phi) is 9.28. The van der Waals surface area contributed by atoms with Gasteiger partial charge in [-0.2, -0.15) is 0 Å².